The van der Waals surface area contributed by atoms with Crippen molar-refractivity contribution < 1.29 is 19.2 Å². The highest BCUT2D eigenvalue weighted by Crippen LogP contribution is 2.35. The van der Waals surface area contributed by atoms with Gasteiger partial charge in [0.05, 0.1) is 20.9 Å². The summed E-state index contributed by atoms with van der Waals surface area (Å²) in [5.41, 5.74) is 1.60. The van der Waals surface area contributed by atoms with Gasteiger partial charge in [-0.25, -0.2) is 9.59 Å². The molecule has 2 aliphatic rings. The van der Waals surface area contributed by atoms with Crippen molar-refractivity contribution >= 4 is 55.6 Å². The number of fused-ring (bicyclic) bond motifs is 1. The molecule has 2 aliphatic heterocycles. The number of carbonyl (C=O) groups is 2. The van der Waals surface area contributed by atoms with Crippen molar-refractivity contribution in [3.8, 4) is 0 Å². The number of amides is 2. The third kappa shape index (κ3) is 2.68. The van der Waals surface area contributed by atoms with E-state index in [2.05, 4.69) is 37.2 Å². The van der Waals surface area contributed by atoms with Crippen molar-refractivity contribution in [2.75, 3.05) is 0 Å². The van der Waals surface area contributed by atoms with E-state index in [9.17, 15) is 19.2 Å². The van der Waals surface area contributed by atoms with Gasteiger partial charge < -0.3 is 5.32 Å². The Kier molecular flexibility index (Phi) is 4.56. The first-order chi connectivity index (χ1) is 11.5. The maximum absolute atomic E-state index is 12.7. The maximum Gasteiger partial charge on any atom is 0.262 e. The molecule has 1 fully saturated rings. The van der Waals surface area contributed by atoms with Crippen LogP contribution >= 0.6 is 31.9 Å². The van der Waals surface area contributed by atoms with E-state index in [-0.39, 0.29) is 21.6 Å². The molecule has 8 heteroatoms. The van der Waals surface area contributed by atoms with Crippen LogP contribution in [0.15, 0.2) is 29.6 Å². The summed E-state index contributed by atoms with van der Waals surface area (Å²) in [6.07, 6.45) is 0.572. The van der Waals surface area contributed by atoms with Crippen molar-refractivity contribution in [2.45, 2.75) is 22.6 Å². The van der Waals surface area contributed by atoms with Gasteiger partial charge in [0.25, 0.3) is 11.8 Å². The van der Waals surface area contributed by atoms with E-state index in [4.69, 9.17) is 0 Å². The topological polar surface area (TPSA) is 83.6 Å². The summed E-state index contributed by atoms with van der Waals surface area (Å²) in [7, 11) is 0. The number of benzene rings is 1. The Labute approximate surface area is 153 Å². The lowest BCUT2D eigenvalue weighted by Crippen LogP contribution is -2.46. The molecule has 0 radical (unpaired) electrons. The molecule has 1 saturated heterocycles. The molecular formula is C16H10Br2N2O4. The molecule has 1 aromatic carbocycles. The van der Waals surface area contributed by atoms with Crippen LogP contribution < -0.4 is 5.32 Å². The molecule has 0 bridgehead atoms. The van der Waals surface area contributed by atoms with E-state index >= 15 is 0 Å². The second kappa shape index (κ2) is 6.49. The van der Waals surface area contributed by atoms with Crippen molar-refractivity contribution in [3.05, 3.63) is 46.3 Å². The Balaban J connectivity index is 1.99. The molecule has 122 valence electrons. The Morgan fingerprint density at radius 1 is 1.12 bits per heavy atom. The zero-order valence-corrected chi connectivity index (χ0v) is 15.3. The third-order valence-electron chi connectivity index (χ3n) is 4.03. The average molecular weight is 454 g/mol. The second-order valence-electron chi connectivity index (χ2n) is 5.36. The molecule has 0 aromatic heterocycles. The molecule has 6 nitrogen and oxygen atoms in total. The third-order valence-corrected chi connectivity index (χ3v) is 5.08. The number of imide groups is 1. The van der Waals surface area contributed by atoms with Crippen LogP contribution in [0.25, 0.3) is 0 Å². The molecule has 1 unspecified atom stereocenters. The number of nitrogens with zero attached hydrogens (tertiary/aromatic N) is 1. The van der Waals surface area contributed by atoms with Crippen molar-refractivity contribution in [3.63, 3.8) is 0 Å². The minimum absolute atomic E-state index is 0.00631. The fraction of sp³-hybridized carbons (Fsp3) is 0.250. The fourth-order valence-electron chi connectivity index (χ4n) is 2.86. The summed E-state index contributed by atoms with van der Waals surface area (Å²) >= 11 is 6.71. The van der Waals surface area contributed by atoms with Gasteiger partial charge in [-0.3, -0.25) is 14.5 Å². The van der Waals surface area contributed by atoms with Gasteiger partial charge in [0.1, 0.15) is 23.3 Å². The van der Waals surface area contributed by atoms with Gasteiger partial charge in [-0.05, 0) is 24.1 Å². The maximum atomic E-state index is 12.7. The van der Waals surface area contributed by atoms with Gasteiger partial charge in [0.2, 0.25) is 0 Å². The Morgan fingerprint density at radius 2 is 1.83 bits per heavy atom. The lowest BCUT2D eigenvalue weighted by Gasteiger charge is -2.30. The number of rotatable bonds is 2. The van der Waals surface area contributed by atoms with Crippen LogP contribution in [-0.4, -0.2) is 34.6 Å². The minimum atomic E-state index is -0.765. The molecule has 0 spiro atoms. The number of nitrogens with one attached hydrogen (secondary N) is 1. The highest BCUT2D eigenvalue weighted by molar-refractivity contribution is 9.24. The molecule has 0 aliphatic carbocycles. The van der Waals surface area contributed by atoms with Gasteiger partial charge in [0.15, 0.2) is 0 Å². The summed E-state index contributed by atoms with van der Waals surface area (Å²) < 4.78 is -0.144. The number of carbonyl (C=O) groups excluding carboxylic acids is 4. The van der Waals surface area contributed by atoms with Gasteiger partial charge in [0, 0.05) is 6.42 Å². The summed E-state index contributed by atoms with van der Waals surface area (Å²) in [5.74, 6) is 2.46. The van der Waals surface area contributed by atoms with Crippen LogP contribution in [0.5, 0.6) is 0 Å². The van der Waals surface area contributed by atoms with E-state index in [1.165, 1.54) is 0 Å². The van der Waals surface area contributed by atoms with E-state index in [0.717, 1.165) is 10.5 Å². The smallest absolute Gasteiger partial charge is 0.262 e. The van der Waals surface area contributed by atoms with E-state index in [0.29, 0.717) is 17.5 Å². The Morgan fingerprint density at radius 3 is 2.46 bits per heavy atom. The number of piperidine rings is 1. The van der Waals surface area contributed by atoms with Crippen molar-refractivity contribution in [1.29, 1.82) is 0 Å². The number of alkyl halides is 2. The molecule has 2 amide bonds. The fourth-order valence-corrected chi connectivity index (χ4v) is 3.43. The van der Waals surface area contributed by atoms with Crippen molar-refractivity contribution in [1.82, 2.24) is 10.2 Å². The molecule has 1 N–H and O–H groups in total. The largest absolute Gasteiger partial charge is 0.342 e. The van der Waals surface area contributed by atoms with Crippen LogP contribution in [-0.2, 0) is 9.59 Å². The predicted molar refractivity (Wildman–Crippen MR) is 92.1 cm³/mol. The van der Waals surface area contributed by atoms with Crippen LogP contribution in [0.1, 0.15) is 42.9 Å². The molecular weight excluding hydrogens is 444 g/mol. The zero-order chi connectivity index (χ0) is 17.4. The first-order valence-corrected chi connectivity index (χ1v) is 8.87. The van der Waals surface area contributed by atoms with Crippen LogP contribution in [0.4, 0.5) is 0 Å². The van der Waals surface area contributed by atoms with Crippen LogP contribution in [0, 0.1) is 0 Å². The number of hydrogen-bond acceptors (Lipinski definition) is 5. The molecule has 24 heavy (non-hydrogen) atoms. The summed E-state index contributed by atoms with van der Waals surface area (Å²) in [6.45, 7) is 0. The van der Waals surface area contributed by atoms with Crippen LogP contribution in [0.3, 0.4) is 0 Å². The van der Waals surface area contributed by atoms with Crippen LogP contribution in [0.2, 0.25) is 0 Å². The molecule has 1 atom stereocenters. The Bertz CT molecular complexity index is 852. The van der Waals surface area contributed by atoms with Crippen molar-refractivity contribution in [2.24, 2.45) is 0 Å². The van der Waals surface area contributed by atoms with E-state index in [1.807, 2.05) is 0 Å². The summed E-state index contributed by atoms with van der Waals surface area (Å²) in [5, 5.41) is 2.60. The minimum Gasteiger partial charge on any atom is -0.342 e. The predicted octanol–water partition coefficient (Wildman–Crippen LogP) is 2.25. The quantitative estimate of drug-likeness (QED) is 0.422. The number of halogens is 2. The highest BCUT2D eigenvalue weighted by atomic mass is 79.9. The lowest BCUT2D eigenvalue weighted by atomic mass is 10.0. The van der Waals surface area contributed by atoms with Gasteiger partial charge in [-0.1, -0.05) is 37.9 Å². The van der Waals surface area contributed by atoms with Gasteiger partial charge >= 0.3 is 0 Å². The Hall–Kier alpha value is -1.98. The lowest BCUT2D eigenvalue weighted by molar-refractivity contribution is 0.0593. The number of allylic oxidation sites excluding steroid dienone is 1. The molecule has 3 rings (SSSR count). The first-order valence-electron chi connectivity index (χ1n) is 7.04. The highest BCUT2D eigenvalue weighted by Gasteiger charge is 2.43. The standard InChI is InChI=1S/C16H10Br2N2O4/c17-14(18)8-1-3-10-11(5-8)16(24)20(15(10)23)13-4-2-9(6-21)19-12(13)7-22/h1,3,5,13-14,19H,2,4H2. The zero-order valence-electron chi connectivity index (χ0n) is 12.1. The SMILES string of the molecule is O=C=C1CCC(N2C(=O)c3ccc(C(Br)Br)cc3C2=O)C(=C=O)N1. The first kappa shape index (κ1) is 16.9. The van der Waals surface area contributed by atoms with Gasteiger partial charge in [-0.15, -0.1) is 0 Å². The summed E-state index contributed by atoms with van der Waals surface area (Å²) in [6, 6.07) is 4.21. The van der Waals surface area contributed by atoms with Gasteiger partial charge in [-0.2, -0.15) is 0 Å². The van der Waals surface area contributed by atoms with E-state index in [1.54, 1.807) is 30.1 Å². The number of hydrogen-bond donors (Lipinski definition) is 1. The molecule has 2 heterocycles. The summed E-state index contributed by atoms with van der Waals surface area (Å²) in [4.78, 5) is 48.3. The molecule has 1 aromatic rings. The second-order valence-corrected chi connectivity index (χ2v) is 8.42. The monoisotopic (exact) mass is 452 g/mol. The van der Waals surface area contributed by atoms with E-state index < -0.39 is 17.9 Å². The normalized spacial score (nSPS) is 20.0. The molecule has 0 saturated carbocycles. The average Bonchev–Trinajstić information content (AvgIpc) is 2.84.